The van der Waals surface area contributed by atoms with Gasteiger partial charge in [0.25, 0.3) is 0 Å². The third-order valence-electron chi connectivity index (χ3n) is 4.02. The van der Waals surface area contributed by atoms with E-state index in [0.717, 1.165) is 43.5 Å². The third kappa shape index (κ3) is 2.78. The van der Waals surface area contributed by atoms with Crippen molar-refractivity contribution in [3.8, 4) is 0 Å². The molecule has 0 bridgehead atoms. The van der Waals surface area contributed by atoms with Crippen LogP contribution in [0, 0.1) is 12.8 Å². The zero-order valence-corrected chi connectivity index (χ0v) is 12.8. The highest BCUT2D eigenvalue weighted by Gasteiger charge is 2.34. The number of amides is 1. The molecule has 0 spiro atoms. The van der Waals surface area contributed by atoms with Crippen molar-refractivity contribution in [3.63, 3.8) is 0 Å². The number of benzene rings is 1. The van der Waals surface area contributed by atoms with Gasteiger partial charge in [-0.3, -0.25) is 4.79 Å². The SMILES string of the molecule is Cc1cc(N2CCN(C(=O)C3CC3)CC2)ccc1Br. The van der Waals surface area contributed by atoms with E-state index in [1.54, 1.807) is 0 Å². The van der Waals surface area contributed by atoms with Crippen molar-refractivity contribution in [3.05, 3.63) is 28.2 Å². The number of hydrogen-bond donors (Lipinski definition) is 0. The summed E-state index contributed by atoms with van der Waals surface area (Å²) in [4.78, 5) is 16.4. The minimum atomic E-state index is 0.349. The van der Waals surface area contributed by atoms with Gasteiger partial charge in [-0.2, -0.15) is 0 Å². The van der Waals surface area contributed by atoms with Crippen molar-refractivity contribution in [2.45, 2.75) is 19.8 Å². The van der Waals surface area contributed by atoms with E-state index in [-0.39, 0.29) is 0 Å². The normalized spacial score (nSPS) is 19.7. The second-order valence-electron chi connectivity index (χ2n) is 5.52. The van der Waals surface area contributed by atoms with E-state index in [1.165, 1.54) is 11.3 Å². The van der Waals surface area contributed by atoms with E-state index in [0.29, 0.717) is 11.8 Å². The van der Waals surface area contributed by atoms with Crippen molar-refractivity contribution < 1.29 is 4.79 Å². The van der Waals surface area contributed by atoms with E-state index >= 15 is 0 Å². The number of carbonyl (C=O) groups excluding carboxylic acids is 1. The molecule has 102 valence electrons. The number of carbonyl (C=O) groups is 1. The Balaban J connectivity index is 1.62. The molecule has 3 nitrogen and oxygen atoms in total. The Morgan fingerprint density at radius 2 is 1.89 bits per heavy atom. The highest BCUT2D eigenvalue weighted by molar-refractivity contribution is 9.10. The van der Waals surface area contributed by atoms with Crippen molar-refractivity contribution in [1.29, 1.82) is 0 Å². The molecular weight excluding hydrogens is 304 g/mol. The molecule has 19 heavy (non-hydrogen) atoms. The number of rotatable bonds is 2. The molecule has 1 heterocycles. The number of nitrogens with zero attached hydrogens (tertiary/aromatic N) is 2. The van der Waals surface area contributed by atoms with Crippen LogP contribution in [0.15, 0.2) is 22.7 Å². The first-order chi connectivity index (χ1) is 9.15. The molecule has 3 rings (SSSR count). The Hall–Kier alpha value is -1.03. The molecule has 0 aromatic heterocycles. The fraction of sp³-hybridized carbons (Fsp3) is 0.533. The van der Waals surface area contributed by atoms with Gasteiger partial charge in [0.05, 0.1) is 0 Å². The molecule has 1 aromatic rings. The second kappa shape index (κ2) is 5.16. The summed E-state index contributed by atoms with van der Waals surface area (Å²) in [5, 5.41) is 0. The number of halogens is 1. The van der Waals surface area contributed by atoms with Crippen LogP contribution >= 0.6 is 15.9 Å². The van der Waals surface area contributed by atoms with Gasteiger partial charge in [-0.15, -0.1) is 0 Å². The lowest BCUT2D eigenvalue weighted by Crippen LogP contribution is -2.49. The topological polar surface area (TPSA) is 23.6 Å². The van der Waals surface area contributed by atoms with Crippen LogP contribution in [0.4, 0.5) is 5.69 Å². The van der Waals surface area contributed by atoms with Crippen LogP contribution in [0.1, 0.15) is 18.4 Å². The quantitative estimate of drug-likeness (QED) is 0.836. The highest BCUT2D eigenvalue weighted by Crippen LogP contribution is 2.31. The average molecular weight is 323 g/mol. The summed E-state index contributed by atoms with van der Waals surface area (Å²) in [6, 6.07) is 6.46. The van der Waals surface area contributed by atoms with Gasteiger partial charge in [-0.1, -0.05) is 15.9 Å². The van der Waals surface area contributed by atoms with Gasteiger partial charge in [0.1, 0.15) is 0 Å². The molecule has 1 saturated carbocycles. The average Bonchev–Trinajstić information content (AvgIpc) is 3.26. The van der Waals surface area contributed by atoms with Crippen LogP contribution < -0.4 is 4.90 Å². The molecule has 0 atom stereocenters. The molecular formula is C15H19BrN2O. The molecule has 1 aliphatic heterocycles. The highest BCUT2D eigenvalue weighted by atomic mass is 79.9. The van der Waals surface area contributed by atoms with Crippen LogP contribution in [0.5, 0.6) is 0 Å². The molecule has 1 aromatic carbocycles. The summed E-state index contributed by atoms with van der Waals surface area (Å²) >= 11 is 3.53. The lowest BCUT2D eigenvalue weighted by molar-refractivity contribution is -0.132. The fourth-order valence-corrected chi connectivity index (χ4v) is 2.85. The van der Waals surface area contributed by atoms with E-state index in [2.05, 4.69) is 46.0 Å². The Labute approximate surface area is 122 Å². The maximum Gasteiger partial charge on any atom is 0.225 e. The lowest BCUT2D eigenvalue weighted by Gasteiger charge is -2.36. The first kappa shape index (κ1) is 13.0. The number of aryl methyl sites for hydroxylation is 1. The van der Waals surface area contributed by atoms with Crippen molar-refractivity contribution >= 4 is 27.5 Å². The predicted molar refractivity (Wildman–Crippen MR) is 80.4 cm³/mol. The monoisotopic (exact) mass is 322 g/mol. The number of anilines is 1. The van der Waals surface area contributed by atoms with E-state index in [1.807, 2.05) is 4.90 Å². The Kier molecular flexibility index (Phi) is 3.52. The van der Waals surface area contributed by atoms with E-state index < -0.39 is 0 Å². The van der Waals surface area contributed by atoms with Gasteiger partial charge in [0.2, 0.25) is 5.91 Å². The second-order valence-corrected chi connectivity index (χ2v) is 6.37. The van der Waals surface area contributed by atoms with Gasteiger partial charge in [-0.05, 0) is 43.5 Å². The zero-order chi connectivity index (χ0) is 13.4. The van der Waals surface area contributed by atoms with Crippen molar-refractivity contribution in [1.82, 2.24) is 4.90 Å². The zero-order valence-electron chi connectivity index (χ0n) is 11.2. The van der Waals surface area contributed by atoms with Crippen LogP contribution in [0.3, 0.4) is 0 Å². The third-order valence-corrected chi connectivity index (χ3v) is 4.91. The first-order valence-corrected chi connectivity index (χ1v) is 7.74. The molecule has 1 aliphatic carbocycles. The number of hydrogen-bond acceptors (Lipinski definition) is 2. The van der Waals surface area contributed by atoms with E-state index in [9.17, 15) is 4.79 Å². The van der Waals surface area contributed by atoms with Crippen molar-refractivity contribution in [2.75, 3.05) is 31.1 Å². The Morgan fingerprint density at radius 1 is 1.21 bits per heavy atom. The molecule has 0 radical (unpaired) electrons. The summed E-state index contributed by atoms with van der Waals surface area (Å²) in [7, 11) is 0. The minimum Gasteiger partial charge on any atom is -0.368 e. The van der Waals surface area contributed by atoms with Gasteiger partial charge >= 0.3 is 0 Å². The molecule has 2 fully saturated rings. The van der Waals surface area contributed by atoms with E-state index in [4.69, 9.17) is 0 Å². The van der Waals surface area contributed by atoms with Crippen LogP contribution in [0.25, 0.3) is 0 Å². The first-order valence-electron chi connectivity index (χ1n) is 6.95. The Bertz CT molecular complexity index is 491. The minimum absolute atomic E-state index is 0.349. The largest absolute Gasteiger partial charge is 0.368 e. The molecule has 2 aliphatic rings. The summed E-state index contributed by atoms with van der Waals surface area (Å²) < 4.78 is 1.15. The van der Waals surface area contributed by atoms with Gasteiger partial charge in [0.15, 0.2) is 0 Å². The summed E-state index contributed by atoms with van der Waals surface area (Å²) in [5.74, 6) is 0.730. The van der Waals surface area contributed by atoms with Crippen LogP contribution in [-0.2, 0) is 4.79 Å². The summed E-state index contributed by atoms with van der Waals surface area (Å²) in [6.45, 7) is 5.73. The maximum atomic E-state index is 12.0. The molecule has 1 saturated heterocycles. The predicted octanol–water partition coefficient (Wildman–Crippen LogP) is 2.82. The lowest BCUT2D eigenvalue weighted by atomic mass is 10.2. The van der Waals surface area contributed by atoms with Gasteiger partial charge in [-0.25, -0.2) is 0 Å². The van der Waals surface area contributed by atoms with Crippen LogP contribution in [0.2, 0.25) is 0 Å². The number of piperazine rings is 1. The van der Waals surface area contributed by atoms with Crippen molar-refractivity contribution in [2.24, 2.45) is 5.92 Å². The molecule has 1 amide bonds. The molecule has 0 N–H and O–H groups in total. The van der Waals surface area contributed by atoms with Crippen LogP contribution in [-0.4, -0.2) is 37.0 Å². The smallest absolute Gasteiger partial charge is 0.225 e. The fourth-order valence-electron chi connectivity index (χ4n) is 2.60. The summed E-state index contributed by atoms with van der Waals surface area (Å²) in [6.07, 6.45) is 2.20. The molecule has 0 unspecified atom stereocenters. The maximum absolute atomic E-state index is 12.0. The Morgan fingerprint density at radius 3 is 2.47 bits per heavy atom. The standard InChI is InChI=1S/C15H19BrN2O/c1-11-10-13(4-5-14(11)16)17-6-8-18(9-7-17)15(19)12-2-3-12/h4-5,10,12H,2-3,6-9H2,1H3. The summed E-state index contributed by atoms with van der Waals surface area (Å²) in [5.41, 5.74) is 2.52. The molecule has 4 heteroatoms. The van der Waals surface area contributed by atoms with Gasteiger partial charge in [0, 0.05) is 42.3 Å². The van der Waals surface area contributed by atoms with Gasteiger partial charge < -0.3 is 9.80 Å².